The quantitative estimate of drug-likeness (QED) is 0.800. The summed E-state index contributed by atoms with van der Waals surface area (Å²) in [6, 6.07) is 19.6. The number of carbonyl (C=O) groups excluding carboxylic acids is 1. The number of amides is 1. The van der Waals surface area contributed by atoms with E-state index in [1.165, 1.54) is 0 Å². The Hall–Kier alpha value is -1.63. The first-order chi connectivity index (χ1) is 12.3. The van der Waals surface area contributed by atoms with Crippen LogP contribution in [0.3, 0.4) is 0 Å². The molecule has 2 aromatic rings. The summed E-state index contributed by atoms with van der Waals surface area (Å²) < 4.78 is 11.7. The molecule has 0 spiro atoms. The van der Waals surface area contributed by atoms with E-state index in [9.17, 15) is 4.79 Å². The van der Waals surface area contributed by atoms with Gasteiger partial charge in [0.05, 0.1) is 0 Å². The summed E-state index contributed by atoms with van der Waals surface area (Å²) in [5, 5.41) is 2.82. The lowest BCUT2D eigenvalue weighted by atomic mass is 10.0. The molecule has 4 nitrogen and oxygen atoms in total. The fourth-order valence-electron chi connectivity index (χ4n) is 2.35. The van der Waals surface area contributed by atoms with Crippen LogP contribution < -0.4 is 10.1 Å². The van der Waals surface area contributed by atoms with Gasteiger partial charge in [0, 0.05) is 6.54 Å². The summed E-state index contributed by atoms with van der Waals surface area (Å²) in [6.07, 6.45) is -0.459. The molecule has 0 aliphatic carbocycles. The highest BCUT2D eigenvalue weighted by molar-refractivity contribution is 7.59. The fraction of sp³-hybridized carbons (Fsp3) is 0.381. The third-order valence-corrected chi connectivity index (χ3v) is 3.40. The number of hydrogen-bond acceptors (Lipinski definition) is 3. The van der Waals surface area contributed by atoms with Gasteiger partial charge in [-0.05, 0) is 17.7 Å². The van der Waals surface area contributed by atoms with Crippen LogP contribution in [0.25, 0.3) is 0 Å². The summed E-state index contributed by atoms with van der Waals surface area (Å²) in [5.74, 6) is 0.699. The molecular formula is C21H33NO3S2. The van der Waals surface area contributed by atoms with Gasteiger partial charge >= 0.3 is 0 Å². The zero-order valence-corrected chi connectivity index (χ0v) is 18.6. The molecule has 0 radical (unpaired) electrons. The van der Waals surface area contributed by atoms with E-state index in [2.05, 4.69) is 5.32 Å². The Morgan fingerprint density at radius 3 is 1.93 bits per heavy atom. The second-order valence-corrected chi connectivity index (χ2v) is 4.92. The zero-order valence-electron chi connectivity index (χ0n) is 16.6. The van der Waals surface area contributed by atoms with Crippen LogP contribution in [0.4, 0.5) is 0 Å². The summed E-state index contributed by atoms with van der Waals surface area (Å²) in [6.45, 7) is 8.53. The predicted molar refractivity (Wildman–Crippen MR) is 122 cm³/mol. The molecule has 1 fully saturated rings. The number of rotatable bonds is 4. The fourth-order valence-corrected chi connectivity index (χ4v) is 2.35. The van der Waals surface area contributed by atoms with Gasteiger partial charge in [-0.2, -0.15) is 27.0 Å². The van der Waals surface area contributed by atoms with Gasteiger partial charge in [0.25, 0.3) is 0 Å². The highest BCUT2D eigenvalue weighted by Gasteiger charge is 2.30. The van der Waals surface area contributed by atoms with Crippen molar-refractivity contribution in [1.82, 2.24) is 5.32 Å². The molecule has 1 saturated heterocycles. The molecule has 27 heavy (non-hydrogen) atoms. The van der Waals surface area contributed by atoms with Crippen LogP contribution in [-0.2, 0) is 9.53 Å². The van der Waals surface area contributed by atoms with Gasteiger partial charge in [-0.15, -0.1) is 0 Å². The number of para-hydroxylation sites is 1. The van der Waals surface area contributed by atoms with Gasteiger partial charge in [0.1, 0.15) is 18.5 Å². The second kappa shape index (κ2) is 16.5. The van der Waals surface area contributed by atoms with Crippen LogP contribution in [0.2, 0.25) is 0 Å². The van der Waals surface area contributed by atoms with Crippen molar-refractivity contribution in [2.24, 2.45) is 0 Å². The molecule has 2 aromatic carbocycles. The Kier molecular flexibility index (Phi) is 16.9. The smallest absolute Gasteiger partial charge is 0.246 e. The maximum Gasteiger partial charge on any atom is 0.246 e. The van der Waals surface area contributed by atoms with E-state index in [4.69, 9.17) is 9.47 Å². The number of ether oxygens (including phenoxy) is 2. The largest absolute Gasteiger partial charge is 0.483 e. The van der Waals surface area contributed by atoms with Crippen molar-refractivity contribution in [3.63, 3.8) is 0 Å². The molecule has 152 valence electrons. The first kappa shape index (κ1) is 27.6. The van der Waals surface area contributed by atoms with E-state index < -0.39 is 0 Å². The van der Waals surface area contributed by atoms with E-state index in [0.717, 1.165) is 11.3 Å². The number of carbonyl (C=O) groups is 1. The van der Waals surface area contributed by atoms with Gasteiger partial charge in [-0.1, -0.05) is 76.2 Å². The SMILES string of the molecule is CC.CC.O=C1CO[C@H]([C@@H](Oc2ccccc2)c2ccccc2)CN1.S.S. The topological polar surface area (TPSA) is 47.6 Å². The zero-order chi connectivity index (χ0) is 18.5. The number of morpholine rings is 1. The molecule has 0 aromatic heterocycles. The number of hydrogen-bond donors (Lipinski definition) is 1. The van der Waals surface area contributed by atoms with Crippen molar-refractivity contribution in [1.29, 1.82) is 0 Å². The van der Waals surface area contributed by atoms with Gasteiger partial charge in [-0.25, -0.2) is 0 Å². The molecule has 0 saturated carbocycles. The van der Waals surface area contributed by atoms with Crippen LogP contribution >= 0.6 is 27.0 Å². The number of benzene rings is 2. The monoisotopic (exact) mass is 411 g/mol. The van der Waals surface area contributed by atoms with E-state index in [0.29, 0.717) is 6.54 Å². The van der Waals surface area contributed by atoms with Crippen molar-refractivity contribution in [3.8, 4) is 5.75 Å². The maximum atomic E-state index is 11.2. The summed E-state index contributed by atoms with van der Waals surface area (Å²) >= 11 is 0. The van der Waals surface area contributed by atoms with E-state index in [1.54, 1.807) is 0 Å². The molecule has 0 bridgehead atoms. The first-order valence-electron chi connectivity index (χ1n) is 8.98. The average molecular weight is 412 g/mol. The van der Waals surface area contributed by atoms with Crippen molar-refractivity contribution in [2.45, 2.75) is 39.9 Å². The lowest BCUT2D eigenvalue weighted by molar-refractivity contribution is -0.137. The third kappa shape index (κ3) is 9.22. The molecular weight excluding hydrogens is 378 g/mol. The van der Waals surface area contributed by atoms with Crippen molar-refractivity contribution < 1.29 is 14.3 Å². The van der Waals surface area contributed by atoms with Crippen LogP contribution in [0.5, 0.6) is 5.75 Å². The van der Waals surface area contributed by atoms with Crippen molar-refractivity contribution in [2.75, 3.05) is 13.2 Å². The molecule has 1 amide bonds. The lowest BCUT2D eigenvalue weighted by Crippen LogP contribution is -2.46. The molecule has 3 rings (SSSR count). The minimum absolute atomic E-state index is 0. The molecule has 1 aliphatic rings. The van der Waals surface area contributed by atoms with Crippen LogP contribution in [0.1, 0.15) is 39.4 Å². The van der Waals surface area contributed by atoms with Crippen LogP contribution in [0, 0.1) is 0 Å². The van der Waals surface area contributed by atoms with Gasteiger partial charge in [0.2, 0.25) is 5.91 Å². The minimum Gasteiger partial charge on any atom is -0.483 e. The molecule has 2 atom stereocenters. The Bertz CT molecular complexity index is 587. The second-order valence-electron chi connectivity index (χ2n) is 4.92. The standard InChI is InChI=1S/C17H17NO3.2C2H6.2H2S/c19-16-12-20-15(11-18-16)17(13-7-3-1-4-8-13)21-14-9-5-2-6-10-14;2*1-2;;/h1-10,15,17H,11-12H2,(H,18,19);2*1-2H3;2*1H2/t15-,17-;;;;/m0..../s1. The number of nitrogens with one attached hydrogen (secondary N) is 1. The first-order valence-corrected chi connectivity index (χ1v) is 8.98. The lowest BCUT2D eigenvalue weighted by Gasteiger charge is -2.31. The molecule has 0 unspecified atom stereocenters. The van der Waals surface area contributed by atoms with Gasteiger partial charge in [-0.3, -0.25) is 4.79 Å². The van der Waals surface area contributed by atoms with E-state index in [1.807, 2.05) is 88.4 Å². The summed E-state index contributed by atoms with van der Waals surface area (Å²) in [5.41, 5.74) is 1.03. The third-order valence-electron chi connectivity index (χ3n) is 3.40. The molecule has 6 heteroatoms. The van der Waals surface area contributed by atoms with Gasteiger partial charge in [0.15, 0.2) is 6.10 Å². The molecule has 1 heterocycles. The highest BCUT2D eigenvalue weighted by atomic mass is 32.1. The normalized spacial score (nSPS) is 15.7. The average Bonchev–Trinajstić information content (AvgIpc) is 2.71. The summed E-state index contributed by atoms with van der Waals surface area (Å²) in [7, 11) is 0. The molecule has 1 aliphatic heterocycles. The van der Waals surface area contributed by atoms with Gasteiger partial charge < -0.3 is 14.8 Å². The van der Waals surface area contributed by atoms with Crippen molar-refractivity contribution in [3.05, 3.63) is 66.2 Å². The predicted octanol–water partition coefficient (Wildman–Crippen LogP) is 4.60. The minimum atomic E-state index is -0.255. The van der Waals surface area contributed by atoms with E-state index in [-0.39, 0.29) is 51.7 Å². The Balaban J connectivity index is 0. The van der Waals surface area contributed by atoms with Crippen molar-refractivity contribution >= 4 is 32.9 Å². The Morgan fingerprint density at radius 2 is 1.44 bits per heavy atom. The molecule has 1 N–H and O–H groups in total. The highest BCUT2D eigenvalue weighted by Crippen LogP contribution is 2.27. The Labute approximate surface area is 177 Å². The van der Waals surface area contributed by atoms with E-state index >= 15 is 0 Å². The summed E-state index contributed by atoms with van der Waals surface area (Å²) in [4.78, 5) is 11.2. The Morgan fingerprint density at radius 1 is 0.926 bits per heavy atom. The van der Waals surface area contributed by atoms with Crippen LogP contribution in [-0.4, -0.2) is 25.2 Å². The van der Waals surface area contributed by atoms with Crippen LogP contribution in [0.15, 0.2) is 60.7 Å². The maximum absolute atomic E-state index is 11.2.